The number of nitrogens with zero attached hydrogens (tertiary/aromatic N) is 1. The van der Waals surface area contributed by atoms with E-state index >= 15 is 0 Å². The monoisotopic (exact) mass is 337 g/mol. The van der Waals surface area contributed by atoms with Gasteiger partial charge >= 0.3 is 0 Å². The molecule has 0 radical (unpaired) electrons. The lowest BCUT2D eigenvalue weighted by Crippen LogP contribution is -2.32. The molecule has 1 aliphatic rings. The van der Waals surface area contributed by atoms with E-state index in [1.807, 2.05) is 42.5 Å². The maximum Gasteiger partial charge on any atom is 0.253 e. The van der Waals surface area contributed by atoms with Crippen LogP contribution in [0.4, 0.5) is 11.4 Å². The summed E-state index contributed by atoms with van der Waals surface area (Å²) >= 11 is 0. The summed E-state index contributed by atoms with van der Waals surface area (Å²) in [5, 5.41) is 2.93. The van der Waals surface area contributed by atoms with Crippen LogP contribution in [0, 0.1) is 5.92 Å². The van der Waals surface area contributed by atoms with Crippen molar-refractivity contribution >= 4 is 23.2 Å². The Labute approximate surface area is 147 Å². The lowest BCUT2D eigenvalue weighted by Gasteiger charge is -2.20. The van der Waals surface area contributed by atoms with Crippen molar-refractivity contribution in [2.75, 3.05) is 24.2 Å². The number of hydrogen-bond acceptors (Lipinski definition) is 3. The van der Waals surface area contributed by atoms with Crippen molar-refractivity contribution in [3.63, 3.8) is 0 Å². The summed E-state index contributed by atoms with van der Waals surface area (Å²) in [4.78, 5) is 26.4. The average molecular weight is 337 g/mol. The minimum atomic E-state index is -0.165. The number of nitrogens with one attached hydrogen (secondary N) is 1. The topological polar surface area (TPSA) is 75.4 Å². The van der Waals surface area contributed by atoms with Gasteiger partial charge in [-0.25, -0.2) is 0 Å². The minimum absolute atomic E-state index is 0.0853. The van der Waals surface area contributed by atoms with Gasteiger partial charge in [-0.2, -0.15) is 0 Å². The Hall–Kier alpha value is -2.82. The van der Waals surface area contributed by atoms with Gasteiger partial charge in [0.15, 0.2) is 0 Å². The van der Waals surface area contributed by atoms with Gasteiger partial charge in [0.2, 0.25) is 5.91 Å². The predicted molar refractivity (Wildman–Crippen MR) is 99.5 cm³/mol. The van der Waals surface area contributed by atoms with E-state index in [1.165, 1.54) is 0 Å². The van der Waals surface area contributed by atoms with Crippen molar-refractivity contribution in [2.45, 2.75) is 19.3 Å². The van der Waals surface area contributed by atoms with E-state index in [-0.39, 0.29) is 17.7 Å². The molecular formula is C20H23N3O2. The average Bonchev–Trinajstić information content (AvgIpc) is 3.47. The van der Waals surface area contributed by atoms with Gasteiger partial charge in [-0.3, -0.25) is 9.59 Å². The second kappa shape index (κ2) is 7.38. The standard InChI is InChI=1S/C20H23N3O2/c1-23(20(25)15-8-9-15)18-5-3-2-4-17(18)19(24)22-13-12-14-6-10-16(21)11-7-14/h2-7,10-11,15H,8-9,12-13,21H2,1H3,(H,22,24). The molecule has 0 saturated heterocycles. The van der Waals surface area contributed by atoms with Gasteiger partial charge in [0.25, 0.3) is 5.91 Å². The normalized spacial score (nSPS) is 13.3. The zero-order valence-electron chi connectivity index (χ0n) is 14.4. The molecule has 2 aromatic carbocycles. The fraction of sp³-hybridized carbons (Fsp3) is 0.300. The van der Waals surface area contributed by atoms with Crippen LogP contribution < -0.4 is 16.0 Å². The van der Waals surface area contributed by atoms with Crippen LogP contribution in [0.3, 0.4) is 0 Å². The first-order chi connectivity index (χ1) is 12.1. The molecule has 130 valence electrons. The molecule has 0 atom stereocenters. The molecule has 2 amide bonds. The first-order valence-corrected chi connectivity index (χ1v) is 8.55. The van der Waals surface area contributed by atoms with E-state index in [0.717, 1.165) is 30.5 Å². The molecule has 5 nitrogen and oxygen atoms in total. The van der Waals surface area contributed by atoms with Crippen molar-refractivity contribution in [3.05, 3.63) is 59.7 Å². The fourth-order valence-corrected chi connectivity index (χ4v) is 2.78. The van der Waals surface area contributed by atoms with Crippen LogP contribution in [0.25, 0.3) is 0 Å². The second-order valence-corrected chi connectivity index (χ2v) is 6.44. The molecule has 0 aromatic heterocycles. The summed E-state index contributed by atoms with van der Waals surface area (Å²) in [5.41, 5.74) is 8.70. The van der Waals surface area contributed by atoms with E-state index in [4.69, 9.17) is 5.73 Å². The summed E-state index contributed by atoms with van der Waals surface area (Å²) in [6, 6.07) is 14.8. The molecular weight excluding hydrogens is 314 g/mol. The molecule has 2 aromatic rings. The van der Waals surface area contributed by atoms with E-state index in [9.17, 15) is 9.59 Å². The number of benzene rings is 2. The van der Waals surface area contributed by atoms with Crippen molar-refractivity contribution in [1.29, 1.82) is 0 Å². The van der Waals surface area contributed by atoms with Crippen LogP contribution in [0.15, 0.2) is 48.5 Å². The Morgan fingerprint density at radius 2 is 1.80 bits per heavy atom. The highest BCUT2D eigenvalue weighted by Gasteiger charge is 2.33. The highest BCUT2D eigenvalue weighted by atomic mass is 16.2. The van der Waals surface area contributed by atoms with Crippen LogP contribution in [-0.2, 0) is 11.2 Å². The highest BCUT2D eigenvalue weighted by Crippen LogP contribution is 2.33. The van der Waals surface area contributed by atoms with Crippen LogP contribution in [-0.4, -0.2) is 25.4 Å². The number of rotatable bonds is 6. The molecule has 25 heavy (non-hydrogen) atoms. The molecule has 0 aliphatic heterocycles. The van der Waals surface area contributed by atoms with Crippen LogP contribution in [0.2, 0.25) is 0 Å². The summed E-state index contributed by atoms with van der Waals surface area (Å²) in [6.45, 7) is 0.525. The van der Waals surface area contributed by atoms with Gasteiger partial charge in [0.05, 0.1) is 11.3 Å². The summed E-state index contributed by atoms with van der Waals surface area (Å²) in [5.74, 6) is 0.0373. The number of para-hydroxylation sites is 1. The molecule has 3 N–H and O–H groups in total. The van der Waals surface area contributed by atoms with Crippen molar-refractivity contribution in [1.82, 2.24) is 5.32 Å². The molecule has 0 bridgehead atoms. The number of carbonyl (C=O) groups is 2. The lowest BCUT2D eigenvalue weighted by molar-refractivity contribution is -0.119. The molecule has 0 spiro atoms. The minimum Gasteiger partial charge on any atom is -0.399 e. The van der Waals surface area contributed by atoms with Crippen LogP contribution >= 0.6 is 0 Å². The zero-order chi connectivity index (χ0) is 17.8. The summed E-state index contributed by atoms with van der Waals surface area (Å²) < 4.78 is 0. The van der Waals surface area contributed by atoms with Gasteiger partial charge in [-0.05, 0) is 49.1 Å². The van der Waals surface area contributed by atoms with E-state index < -0.39 is 0 Å². The first-order valence-electron chi connectivity index (χ1n) is 8.55. The van der Waals surface area contributed by atoms with Gasteiger partial charge < -0.3 is 16.0 Å². The van der Waals surface area contributed by atoms with Gasteiger partial charge in [0.1, 0.15) is 0 Å². The molecule has 0 unspecified atom stereocenters. The highest BCUT2D eigenvalue weighted by molar-refractivity contribution is 6.05. The van der Waals surface area contributed by atoms with Crippen molar-refractivity contribution in [3.8, 4) is 0 Å². The largest absolute Gasteiger partial charge is 0.399 e. The smallest absolute Gasteiger partial charge is 0.253 e. The number of anilines is 2. The number of nitrogens with two attached hydrogens (primary N) is 1. The summed E-state index contributed by atoms with van der Waals surface area (Å²) in [7, 11) is 1.74. The second-order valence-electron chi connectivity index (χ2n) is 6.44. The molecule has 1 fully saturated rings. The van der Waals surface area contributed by atoms with E-state index in [2.05, 4.69) is 5.32 Å². The maximum atomic E-state index is 12.6. The van der Waals surface area contributed by atoms with E-state index in [0.29, 0.717) is 17.8 Å². The molecule has 1 saturated carbocycles. The third-order valence-corrected chi connectivity index (χ3v) is 4.45. The molecule has 0 heterocycles. The Morgan fingerprint density at radius 3 is 2.48 bits per heavy atom. The van der Waals surface area contributed by atoms with Crippen molar-refractivity contribution < 1.29 is 9.59 Å². The SMILES string of the molecule is CN(C(=O)C1CC1)c1ccccc1C(=O)NCCc1ccc(N)cc1. The Balaban J connectivity index is 1.63. The zero-order valence-corrected chi connectivity index (χ0v) is 14.4. The van der Waals surface area contributed by atoms with E-state index in [1.54, 1.807) is 18.0 Å². The Morgan fingerprint density at radius 1 is 1.12 bits per heavy atom. The predicted octanol–water partition coefficient (Wildman–Crippen LogP) is 2.61. The maximum absolute atomic E-state index is 12.6. The lowest BCUT2D eigenvalue weighted by atomic mass is 10.1. The van der Waals surface area contributed by atoms with Gasteiger partial charge in [-0.15, -0.1) is 0 Å². The van der Waals surface area contributed by atoms with Gasteiger partial charge in [-0.1, -0.05) is 24.3 Å². The fourth-order valence-electron chi connectivity index (χ4n) is 2.78. The number of amides is 2. The first kappa shape index (κ1) is 17.0. The number of carbonyl (C=O) groups excluding carboxylic acids is 2. The third kappa shape index (κ3) is 4.18. The Kier molecular flexibility index (Phi) is 5.03. The molecule has 5 heteroatoms. The van der Waals surface area contributed by atoms with Gasteiger partial charge in [0, 0.05) is 25.2 Å². The molecule has 1 aliphatic carbocycles. The summed E-state index contributed by atoms with van der Waals surface area (Å²) in [6.07, 6.45) is 2.61. The van der Waals surface area contributed by atoms with Crippen molar-refractivity contribution in [2.24, 2.45) is 5.92 Å². The van der Waals surface area contributed by atoms with Crippen LogP contribution in [0.1, 0.15) is 28.8 Å². The van der Waals surface area contributed by atoms with Crippen LogP contribution in [0.5, 0.6) is 0 Å². The Bertz CT molecular complexity index is 767. The molecule has 3 rings (SSSR count). The quantitative estimate of drug-likeness (QED) is 0.796. The number of hydrogen-bond donors (Lipinski definition) is 2. The number of nitrogen functional groups attached to an aromatic ring is 1. The third-order valence-electron chi connectivity index (χ3n) is 4.45.